The van der Waals surface area contributed by atoms with Crippen molar-refractivity contribution in [2.75, 3.05) is 0 Å². The molecule has 3 atom stereocenters. The first kappa shape index (κ1) is 13.1. The van der Waals surface area contributed by atoms with E-state index in [1.807, 2.05) is 29.9 Å². The van der Waals surface area contributed by atoms with Crippen LogP contribution >= 0.6 is 23.0 Å². The Bertz CT molecular complexity index is 225. The Labute approximate surface area is 113 Å². The number of halogens is 1. The van der Waals surface area contributed by atoms with Gasteiger partial charge in [0.1, 0.15) is 23.0 Å². The van der Waals surface area contributed by atoms with Crippen molar-refractivity contribution in [1.29, 1.82) is 0 Å². The third-order valence-corrected chi connectivity index (χ3v) is 4.83. The summed E-state index contributed by atoms with van der Waals surface area (Å²) in [6.45, 7) is 6.75. The highest BCUT2D eigenvalue weighted by atomic mass is 127. The molecule has 0 aromatic carbocycles. The minimum absolute atomic E-state index is 0.0724. The molecule has 3 unspecified atom stereocenters. The zero-order valence-corrected chi connectivity index (χ0v) is 12.7. The van der Waals surface area contributed by atoms with Crippen LogP contribution in [0, 0.1) is 17.8 Å². The predicted octanol–water partition coefficient (Wildman–Crippen LogP) is 4.32. The van der Waals surface area contributed by atoms with Crippen LogP contribution in [-0.4, -0.2) is 11.9 Å². The Balaban J connectivity index is 2.08. The number of ether oxygens (including phenoxy) is 1. The molecule has 0 N–H and O–H groups in total. The van der Waals surface area contributed by atoms with Gasteiger partial charge in [0.05, 0.1) is 5.60 Å². The molecule has 0 radical (unpaired) electrons. The summed E-state index contributed by atoms with van der Waals surface area (Å²) in [6.07, 6.45) is 6.42. The maximum absolute atomic E-state index is 6.21. The highest BCUT2D eigenvalue weighted by Gasteiger charge is 2.45. The second-order valence-electron chi connectivity index (χ2n) is 6.12. The number of hydrogen-bond donors (Lipinski definition) is 0. The van der Waals surface area contributed by atoms with E-state index in [1.165, 1.54) is 32.1 Å². The molecule has 3 heteroatoms. The maximum atomic E-state index is 6.21. The van der Waals surface area contributed by atoms with Crippen molar-refractivity contribution in [3.63, 3.8) is 0 Å². The average molecular weight is 338 g/mol. The molecule has 0 heterocycles. The van der Waals surface area contributed by atoms with Crippen molar-refractivity contribution in [2.45, 2.75) is 64.8 Å². The van der Waals surface area contributed by atoms with Crippen LogP contribution in [0.4, 0.5) is 0 Å². The van der Waals surface area contributed by atoms with Gasteiger partial charge in [-0.1, -0.05) is 13.8 Å². The molecule has 16 heavy (non-hydrogen) atoms. The van der Waals surface area contributed by atoms with Crippen LogP contribution in [0.15, 0.2) is 0 Å². The first-order valence-corrected chi connectivity index (χ1v) is 7.36. The number of rotatable bonds is 3. The average Bonchev–Trinajstić information content (AvgIpc) is 2.13. The molecule has 94 valence electrons. The van der Waals surface area contributed by atoms with Gasteiger partial charge in [-0.05, 0) is 56.8 Å². The molecule has 0 spiro atoms. The maximum Gasteiger partial charge on any atom is 0.166 e. The molecule has 0 aliphatic heterocycles. The minimum atomic E-state index is -0.0724. The molecule has 2 rings (SSSR count). The van der Waals surface area contributed by atoms with Crippen molar-refractivity contribution >= 4 is 23.0 Å². The van der Waals surface area contributed by atoms with Gasteiger partial charge in [0.25, 0.3) is 0 Å². The van der Waals surface area contributed by atoms with E-state index in [1.54, 1.807) is 0 Å². The lowest BCUT2D eigenvalue weighted by atomic mass is 9.63. The van der Waals surface area contributed by atoms with Crippen LogP contribution in [0.5, 0.6) is 0 Å². The second kappa shape index (κ2) is 5.11. The summed E-state index contributed by atoms with van der Waals surface area (Å²) in [5, 5.41) is 0. The lowest BCUT2D eigenvalue weighted by Gasteiger charge is -2.50. The third-order valence-electron chi connectivity index (χ3n) is 4.11. The van der Waals surface area contributed by atoms with E-state index < -0.39 is 0 Å². The van der Waals surface area contributed by atoms with Crippen molar-refractivity contribution in [1.82, 2.24) is 0 Å². The molecule has 0 amide bonds. The molecular weight excluding hydrogens is 315 g/mol. The summed E-state index contributed by atoms with van der Waals surface area (Å²) in [4.78, 5) is 0. The van der Waals surface area contributed by atoms with Crippen LogP contribution in [0.25, 0.3) is 0 Å². The Morgan fingerprint density at radius 3 is 2.19 bits per heavy atom. The summed E-state index contributed by atoms with van der Waals surface area (Å²) >= 11 is 1.94. The molecule has 2 nitrogen and oxygen atoms in total. The highest BCUT2D eigenvalue weighted by Crippen LogP contribution is 2.49. The lowest BCUT2D eigenvalue weighted by Crippen LogP contribution is -2.48. The van der Waals surface area contributed by atoms with Crippen LogP contribution in [-0.2, 0) is 7.80 Å². The van der Waals surface area contributed by atoms with E-state index in [4.69, 9.17) is 7.80 Å². The fraction of sp³-hybridized carbons (Fsp3) is 1.00. The predicted molar refractivity (Wildman–Crippen MR) is 73.3 cm³/mol. The van der Waals surface area contributed by atoms with Gasteiger partial charge in [0, 0.05) is 0 Å². The van der Waals surface area contributed by atoms with Gasteiger partial charge < -0.3 is 4.74 Å². The van der Waals surface area contributed by atoms with E-state index in [-0.39, 0.29) is 11.9 Å². The normalized spacial score (nSPS) is 45.4. The Kier molecular flexibility index (Phi) is 4.18. The van der Waals surface area contributed by atoms with E-state index in [2.05, 4.69) is 13.8 Å². The summed E-state index contributed by atoms with van der Waals surface area (Å²) < 4.78 is 11.5. The topological polar surface area (TPSA) is 18.5 Å². The summed E-state index contributed by atoms with van der Waals surface area (Å²) in [5.41, 5.74) is 0.116. The largest absolute Gasteiger partial charge is 0.346 e. The second-order valence-corrected chi connectivity index (χ2v) is 6.63. The van der Waals surface area contributed by atoms with Crippen molar-refractivity contribution in [3.05, 3.63) is 0 Å². The lowest BCUT2D eigenvalue weighted by molar-refractivity contribution is -0.197. The van der Waals surface area contributed by atoms with Crippen LogP contribution in [0.3, 0.4) is 0 Å². The summed E-state index contributed by atoms with van der Waals surface area (Å²) in [5.74, 6) is 2.51. The van der Waals surface area contributed by atoms with Gasteiger partial charge in [-0.25, -0.2) is 0 Å². The standard InChI is InChI=1S/C13H23IO2/c1-9-4-12-5-10(2)7-13(6-9,8-12)15-11(3)16-14/h9-12H,4-8H2,1-3H3. The molecule has 2 bridgehead atoms. The zero-order valence-electron chi connectivity index (χ0n) is 10.5. The Hall–Kier alpha value is 0.650. The molecule has 2 aliphatic carbocycles. The van der Waals surface area contributed by atoms with Gasteiger partial charge in [0.15, 0.2) is 6.29 Å². The summed E-state index contributed by atoms with van der Waals surface area (Å²) in [6, 6.07) is 0. The molecule has 2 saturated carbocycles. The van der Waals surface area contributed by atoms with Crippen molar-refractivity contribution < 1.29 is 7.80 Å². The fourth-order valence-electron chi connectivity index (χ4n) is 4.13. The van der Waals surface area contributed by atoms with E-state index in [0.717, 1.165) is 17.8 Å². The Morgan fingerprint density at radius 2 is 1.69 bits per heavy atom. The molecule has 0 aromatic rings. The number of fused-ring (bicyclic) bond motifs is 2. The van der Waals surface area contributed by atoms with Gasteiger partial charge in [0.2, 0.25) is 0 Å². The zero-order chi connectivity index (χ0) is 11.8. The van der Waals surface area contributed by atoms with Crippen LogP contribution in [0.2, 0.25) is 0 Å². The molecule has 2 fully saturated rings. The summed E-state index contributed by atoms with van der Waals surface area (Å²) in [7, 11) is 0. The minimum Gasteiger partial charge on any atom is -0.346 e. The first-order chi connectivity index (χ1) is 7.53. The van der Waals surface area contributed by atoms with Gasteiger partial charge >= 0.3 is 0 Å². The smallest absolute Gasteiger partial charge is 0.166 e. The quantitative estimate of drug-likeness (QED) is 0.564. The van der Waals surface area contributed by atoms with Crippen LogP contribution in [0.1, 0.15) is 52.9 Å². The highest BCUT2D eigenvalue weighted by molar-refractivity contribution is 14.1. The fourth-order valence-corrected chi connectivity index (χ4v) is 4.23. The molecule has 2 aliphatic rings. The van der Waals surface area contributed by atoms with Crippen molar-refractivity contribution in [3.8, 4) is 0 Å². The van der Waals surface area contributed by atoms with Crippen LogP contribution < -0.4 is 0 Å². The number of hydrogen-bond acceptors (Lipinski definition) is 2. The monoisotopic (exact) mass is 338 g/mol. The third kappa shape index (κ3) is 2.91. The van der Waals surface area contributed by atoms with Gasteiger partial charge in [-0.15, -0.1) is 0 Å². The molecule has 0 aromatic heterocycles. The first-order valence-electron chi connectivity index (χ1n) is 6.48. The van der Waals surface area contributed by atoms with Crippen molar-refractivity contribution in [2.24, 2.45) is 17.8 Å². The molecular formula is C13H23IO2. The Morgan fingerprint density at radius 1 is 1.12 bits per heavy atom. The van der Waals surface area contributed by atoms with Gasteiger partial charge in [-0.3, -0.25) is 3.07 Å². The van der Waals surface area contributed by atoms with E-state index in [0.29, 0.717) is 0 Å². The van der Waals surface area contributed by atoms with Gasteiger partial charge in [-0.2, -0.15) is 0 Å². The van der Waals surface area contributed by atoms with E-state index >= 15 is 0 Å². The van der Waals surface area contributed by atoms with E-state index in [9.17, 15) is 0 Å². The SMILES string of the molecule is CC1CC2CC(C)CC(OC(C)OI)(C1)C2. The molecule has 0 saturated heterocycles.